The van der Waals surface area contributed by atoms with E-state index < -0.39 is 0 Å². The van der Waals surface area contributed by atoms with Gasteiger partial charge >= 0.3 is 0 Å². The third-order valence-electron chi connectivity index (χ3n) is 2.91. The maximum atomic E-state index is 11.0. The topological polar surface area (TPSA) is 46.3 Å². The number of carbonyl (C=O) groups excluding carboxylic acids is 1. The molecule has 0 bridgehead atoms. The van der Waals surface area contributed by atoms with Gasteiger partial charge in [-0.05, 0) is 37.5 Å². The Kier molecular flexibility index (Phi) is 2.90. The van der Waals surface area contributed by atoms with Crippen LogP contribution in [0.3, 0.4) is 0 Å². The van der Waals surface area contributed by atoms with E-state index in [9.17, 15) is 4.79 Å². The van der Waals surface area contributed by atoms with E-state index in [1.54, 1.807) is 0 Å². The number of nitrogens with zero attached hydrogens (tertiary/aromatic N) is 1. The average Bonchev–Trinajstić information content (AvgIpc) is 2.29. The molecule has 15 heavy (non-hydrogen) atoms. The highest BCUT2D eigenvalue weighted by Gasteiger charge is 2.21. The first-order valence-electron chi connectivity index (χ1n) is 5.39. The van der Waals surface area contributed by atoms with Gasteiger partial charge in [-0.3, -0.25) is 0 Å². The lowest BCUT2D eigenvalue weighted by atomic mass is 10.0. The Morgan fingerprint density at radius 1 is 1.40 bits per heavy atom. The highest BCUT2D eigenvalue weighted by molar-refractivity contribution is 5.68. The standard InChI is InChI=1S/C12H16N2O/c13-10-4-3-6-11(8-10)14-7-2-1-5-12(14)9-15/h3-4,6,8-9,12H,1-2,5,7,13H2. The maximum Gasteiger partial charge on any atom is 0.142 e. The first-order valence-corrected chi connectivity index (χ1v) is 5.39. The number of rotatable bonds is 2. The number of benzene rings is 1. The Bertz CT molecular complexity index is 351. The van der Waals surface area contributed by atoms with E-state index in [0.29, 0.717) is 0 Å². The van der Waals surface area contributed by atoms with Crippen LogP contribution in [-0.4, -0.2) is 18.9 Å². The number of hydrogen-bond acceptors (Lipinski definition) is 3. The van der Waals surface area contributed by atoms with Gasteiger partial charge in [0.25, 0.3) is 0 Å². The molecule has 1 aliphatic rings. The number of hydrogen-bond donors (Lipinski definition) is 1. The molecule has 0 amide bonds. The summed E-state index contributed by atoms with van der Waals surface area (Å²) in [5.41, 5.74) is 7.55. The Balaban J connectivity index is 2.23. The number of aldehydes is 1. The summed E-state index contributed by atoms with van der Waals surface area (Å²) in [5.74, 6) is 0. The monoisotopic (exact) mass is 204 g/mol. The summed E-state index contributed by atoms with van der Waals surface area (Å²) in [7, 11) is 0. The van der Waals surface area contributed by atoms with E-state index in [1.165, 1.54) is 0 Å². The summed E-state index contributed by atoms with van der Waals surface area (Å²) in [6.45, 7) is 0.951. The van der Waals surface area contributed by atoms with Gasteiger partial charge < -0.3 is 15.4 Å². The highest BCUT2D eigenvalue weighted by atomic mass is 16.1. The molecule has 1 heterocycles. The van der Waals surface area contributed by atoms with Gasteiger partial charge in [-0.15, -0.1) is 0 Å². The summed E-state index contributed by atoms with van der Waals surface area (Å²) in [6.07, 6.45) is 4.29. The van der Waals surface area contributed by atoms with Gasteiger partial charge in [0.05, 0.1) is 6.04 Å². The molecule has 0 radical (unpaired) electrons. The van der Waals surface area contributed by atoms with Crippen molar-refractivity contribution in [2.24, 2.45) is 0 Å². The molecule has 1 aromatic rings. The minimum absolute atomic E-state index is 0.0283. The molecule has 1 aliphatic heterocycles. The second-order valence-corrected chi connectivity index (χ2v) is 3.99. The van der Waals surface area contributed by atoms with Crippen molar-refractivity contribution in [1.29, 1.82) is 0 Å². The third kappa shape index (κ3) is 2.12. The van der Waals surface area contributed by atoms with E-state index in [0.717, 1.165) is 43.5 Å². The van der Waals surface area contributed by atoms with Gasteiger partial charge in [-0.25, -0.2) is 0 Å². The molecule has 1 aromatic carbocycles. The molecule has 1 unspecified atom stereocenters. The predicted molar refractivity (Wildman–Crippen MR) is 61.9 cm³/mol. The van der Waals surface area contributed by atoms with Crippen molar-refractivity contribution in [3.8, 4) is 0 Å². The summed E-state index contributed by atoms with van der Waals surface area (Å²) in [5, 5.41) is 0. The van der Waals surface area contributed by atoms with Crippen LogP contribution in [0.5, 0.6) is 0 Å². The van der Waals surface area contributed by atoms with Crippen LogP contribution >= 0.6 is 0 Å². The smallest absolute Gasteiger partial charge is 0.142 e. The first-order chi connectivity index (χ1) is 7.31. The molecule has 80 valence electrons. The molecular formula is C12H16N2O. The minimum Gasteiger partial charge on any atom is -0.399 e. The number of piperidine rings is 1. The van der Waals surface area contributed by atoms with Crippen LogP contribution in [0.2, 0.25) is 0 Å². The molecule has 1 fully saturated rings. The Labute approximate surface area is 89.9 Å². The van der Waals surface area contributed by atoms with Gasteiger partial charge in [0.2, 0.25) is 0 Å². The zero-order valence-corrected chi connectivity index (χ0v) is 8.73. The van der Waals surface area contributed by atoms with Crippen molar-refractivity contribution in [2.75, 3.05) is 17.2 Å². The third-order valence-corrected chi connectivity index (χ3v) is 2.91. The zero-order chi connectivity index (χ0) is 10.7. The molecule has 1 saturated heterocycles. The largest absolute Gasteiger partial charge is 0.399 e. The molecule has 0 aromatic heterocycles. The number of nitrogen functional groups attached to an aromatic ring is 1. The second kappa shape index (κ2) is 4.34. The summed E-state index contributed by atoms with van der Waals surface area (Å²) < 4.78 is 0. The van der Waals surface area contributed by atoms with Gasteiger partial charge in [0.15, 0.2) is 0 Å². The fraction of sp³-hybridized carbons (Fsp3) is 0.417. The number of anilines is 2. The molecule has 3 heteroatoms. The first kappa shape index (κ1) is 10.0. The molecule has 2 N–H and O–H groups in total. The summed E-state index contributed by atoms with van der Waals surface area (Å²) in [4.78, 5) is 13.1. The Morgan fingerprint density at radius 3 is 3.00 bits per heavy atom. The van der Waals surface area contributed by atoms with E-state index in [2.05, 4.69) is 4.90 Å². The van der Waals surface area contributed by atoms with Crippen LogP contribution in [-0.2, 0) is 4.79 Å². The lowest BCUT2D eigenvalue weighted by Gasteiger charge is -2.34. The SMILES string of the molecule is Nc1cccc(N2CCCCC2C=O)c1. The van der Waals surface area contributed by atoms with Crippen LogP contribution < -0.4 is 10.6 Å². The molecule has 1 atom stereocenters. The van der Waals surface area contributed by atoms with Crippen LogP contribution in [0.25, 0.3) is 0 Å². The normalized spacial score (nSPS) is 21.3. The quantitative estimate of drug-likeness (QED) is 0.590. The van der Waals surface area contributed by atoms with Gasteiger partial charge in [0.1, 0.15) is 6.29 Å². The van der Waals surface area contributed by atoms with Crippen molar-refractivity contribution < 1.29 is 4.79 Å². The lowest BCUT2D eigenvalue weighted by molar-refractivity contribution is -0.109. The summed E-state index contributed by atoms with van der Waals surface area (Å²) >= 11 is 0. The summed E-state index contributed by atoms with van der Waals surface area (Å²) in [6, 6.07) is 7.77. The molecule has 0 spiro atoms. The van der Waals surface area contributed by atoms with Gasteiger partial charge in [-0.1, -0.05) is 6.07 Å². The van der Waals surface area contributed by atoms with E-state index in [1.807, 2.05) is 24.3 Å². The molecular weight excluding hydrogens is 188 g/mol. The predicted octanol–water partition coefficient (Wildman–Crippen LogP) is 1.83. The minimum atomic E-state index is 0.0283. The van der Waals surface area contributed by atoms with E-state index in [-0.39, 0.29) is 6.04 Å². The molecule has 0 aliphatic carbocycles. The van der Waals surface area contributed by atoms with Crippen molar-refractivity contribution in [1.82, 2.24) is 0 Å². The zero-order valence-electron chi connectivity index (χ0n) is 8.73. The fourth-order valence-corrected chi connectivity index (χ4v) is 2.12. The van der Waals surface area contributed by atoms with Crippen LogP contribution in [0.4, 0.5) is 11.4 Å². The van der Waals surface area contributed by atoms with Crippen LogP contribution in [0, 0.1) is 0 Å². The molecule has 3 nitrogen and oxygen atoms in total. The number of carbonyl (C=O) groups is 1. The van der Waals surface area contributed by atoms with Crippen molar-refractivity contribution >= 4 is 17.7 Å². The van der Waals surface area contributed by atoms with Crippen molar-refractivity contribution in [2.45, 2.75) is 25.3 Å². The maximum absolute atomic E-state index is 11.0. The van der Waals surface area contributed by atoms with Gasteiger partial charge in [0, 0.05) is 17.9 Å². The van der Waals surface area contributed by atoms with E-state index >= 15 is 0 Å². The lowest BCUT2D eigenvalue weighted by Crippen LogP contribution is -2.40. The Morgan fingerprint density at radius 2 is 2.27 bits per heavy atom. The van der Waals surface area contributed by atoms with Crippen LogP contribution in [0.15, 0.2) is 24.3 Å². The van der Waals surface area contributed by atoms with Crippen molar-refractivity contribution in [3.63, 3.8) is 0 Å². The van der Waals surface area contributed by atoms with Crippen LogP contribution in [0.1, 0.15) is 19.3 Å². The average molecular weight is 204 g/mol. The fourth-order valence-electron chi connectivity index (χ4n) is 2.12. The van der Waals surface area contributed by atoms with E-state index in [4.69, 9.17) is 5.73 Å². The van der Waals surface area contributed by atoms with Crippen molar-refractivity contribution in [3.05, 3.63) is 24.3 Å². The molecule has 0 saturated carbocycles. The number of nitrogens with two attached hydrogens (primary N) is 1. The highest BCUT2D eigenvalue weighted by Crippen LogP contribution is 2.25. The molecule has 2 rings (SSSR count). The Hall–Kier alpha value is -1.51. The van der Waals surface area contributed by atoms with Gasteiger partial charge in [-0.2, -0.15) is 0 Å². The second-order valence-electron chi connectivity index (χ2n) is 3.99.